The van der Waals surface area contributed by atoms with Crippen LogP contribution in [0.5, 0.6) is 0 Å². The fraction of sp³-hybridized carbons (Fsp3) is 0.714. The number of likely N-dealkylation sites (tertiary alicyclic amines) is 1. The van der Waals surface area contributed by atoms with Crippen molar-refractivity contribution in [2.24, 2.45) is 24.6 Å². The summed E-state index contributed by atoms with van der Waals surface area (Å²) in [7, 11) is -2.11. The molecule has 128 valence electrons. The van der Waals surface area contributed by atoms with Gasteiger partial charge in [-0.3, -0.25) is 9.48 Å². The van der Waals surface area contributed by atoms with Crippen molar-refractivity contribution in [2.45, 2.75) is 36.7 Å². The Hall–Kier alpha value is -1.45. The molecule has 4 atom stereocenters. The van der Waals surface area contributed by atoms with Crippen LogP contribution in [0.4, 0.5) is 0 Å². The topological polar surface area (TPSA) is 110 Å². The summed E-state index contributed by atoms with van der Waals surface area (Å²) in [5.41, 5.74) is 6.08. The summed E-state index contributed by atoms with van der Waals surface area (Å²) < 4.78 is 28.4. The first-order valence-electron chi connectivity index (χ1n) is 7.83. The summed E-state index contributed by atoms with van der Waals surface area (Å²) in [6.45, 7) is 2.88. The molecule has 0 spiro atoms. The first kappa shape index (κ1) is 16.4. The Kier molecular flexibility index (Phi) is 4.19. The molecule has 2 aliphatic rings. The standard InChI is InChI=1S/C14H23N5O3S/c1-9(17-23(21,22)11-5-16-18(2)7-11)14(20)19-6-10-3-4-13(15)12(10)8-19/h5,7,9-10,12-13,17H,3-4,6,8,15H2,1-2H3. The summed E-state index contributed by atoms with van der Waals surface area (Å²) >= 11 is 0. The van der Waals surface area contributed by atoms with Gasteiger partial charge in [-0.1, -0.05) is 0 Å². The number of carbonyl (C=O) groups excluding carboxylic acids is 1. The lowest BCUT2D eigenvalue weighted by molar-refractivity contribution is -0.131. The highest BCUT2D eigenvalue weighted by atomic mass is 32.2. The van der Waals surface area contributed by atoms with Crippen molar-refractivity contribution >= 4 is 15.9 Å². The molecule has 1 aliphatic heterocycles. The van der Waals surface area contributed by atoms with Crippen molar-refractivity contribution in [2.75, 3.05) is 13.1 Å². The molecule has 0 aromatic carbocycles. The maximum atomic E-state index is 12.5. The van der Waals surface area contributed by atoms with E-state index in [1.807, 2.05) is 0 Å². The molecule has 3 rings (SSSR count). The third-order valence-corrected chi connectivity index (χ3v) is 6.41. The Bertz CT molecular complexity index is 701. The molecule has 23 heavy (non-hydrogen) atoms. The highest BCUT2D eigenvalue weighted by Gasteiger charge is 2.43. The van der Waals surface area contributed by atoms with E-state index in [9.17, 15) is 13.2 Å². The molecule has 1 saturated carbocycles. The van der Waals surface area contributed by atoms with Gasteiger partial charge < -0.3 is 10.6 Å². The summed E-state index contributed by atoms with van der Waals surface area (Å²) in [4.78, 5) is 14.3. The summed E-state index contributed by atoms with van der Waals surface area (Å²) in [6, 6.07) is -0.657. The van der Waals surface area contributed by atoms with E-state index in [0.29, 0.717) is 24.9 Å². The number of nitrogens with one attached hydrogen (secondary N) is 1. The maximum absolute atomic E-state index is 12.5. The zero-order valence-corrected chi connectivity index (χ0v) is 14.2. The van der Waals surface area contributed by atoms with E-state index in [1.165, 1.54) is 17.1 Å². The van der Waals surface area contributed by atoms with E-state index in [1.54, 1.807) is 18.9 Å². The quantitative estimate of drug-likeness (QED) is 0.751. The molecule has 1 aromatic rings. The molecular formula is C14H23N5O3S. The second-order valence-electron chi connectivity index (χ2n) is 6.60. The van der Waals surface area contributed by atoms with Crippen LogP contribution in [0.2, 0.25) is 0 Å². The van der Waals surface area contributed by atoms with Gasteiger partial charge in [0.1, 0.15) is 4.90 Å². The summed E-state index contributed by atoms with van der Waals surface area (Å²) in [6.07, 6.45) is 4.73. The molecule has 2 heterocycles. The van der Waals surface area contributed by atoms with Crippen LogP contribution in [0.1, 0.15) is 19.8 Å². The number of carbonyl (C=O) groups is 1. The van der Waals surface area contributed by atoms with Gasteiger partial charge in [0.15, 0.2) is 0 Å². The van der Waals surface area contributed by atoms with E-state index in [4.69, 9.17) is 5.73 Å². The van der Waals surface area contributed by atoms with Crippen LogP contribution in [0.15, 0.2) is 17.3 Å². The Morgan fingerprint density at radius 2 is 2.17 bits per heavy atom. The molecular weight excluding hydrogens is 318 g/mol. The average Bonchev–Trinajstić information content (AvgIpc) is 3.16. The van der Waals surface area contributed by atoms with Crippen LogP contribution < -0.4 is 10.5 Å². The zero-order chi connectivity index (χ0) is 16.8. The van der Waals surface area contributed by atoms with E-state index in [2.05, 4.69) is 9.82 Å². The van der Waals surface area contributed by atoms with E-state index in [-0.39, 0.29) is 16.8 Å². The molecule has 0 radical (unpaired) electrons. The highest BCUT2D eigenvalue weighted by molar-refractivity contribution is 7.89. The SMILES string of the molecule is CC(NS(=O)(=O)c1cnn(C)c1)C(=O)N1CC2CCC(N)C2C1. The smallest absolute Gasteiger partial charge is 0.244 e. The van der Waals surface area contributed by atoms with Crippen LogP contribution in [0.25, 0.3) is 0 Å². The monoisotopic (exact) mass is 341 g/mol. The van der Waals surface area contributed by atoms with E-state index < -0.39 is 16.1 Å². The molecule has 1 saturated heterocycles. The predicted molar refractivity (Wildman–Crippen MR) is 83.8 cm³/mol. The van der Waals surface area contributed by atoms with Crippen molar-refractivity contribution in [1.29, 1.82) is 0 Å². The van der Waals surface area contributed by atoms with Crippen molar-refractivity contribution in [1.82, 2.24) is 19.4 Å². The second kappa shape index (κ2) is 5.88. The van der Waals surface area contributed by atoms with Gasteiger partial charge in [-0.05, 0) is 31.6 Å². The average molecular weight is 341 g/mol. The van der Waals surface area contributed by atoms with Gasteiger partial charge in [-0.2, -0.15) is 9.82 Å². The van der Waals surface area contributed by atoms with Crippen LogP contribution in [0.3, 0.4) is 0 Å². The fourth-order valence-electron chi connectivity index (χ4n) is 3.65. The Labute approximate surface area is 136 Å². The third-order valence-electron chi connectivity index (χ3n) is 4.92. The number of hydrogen-bond donors (Lipinski definition) is 2. The first-order chi connectivity index (χ1) is 10.8. The summed E-state index contributed by atoms with van der Waals surface area (Å²) in [5.74, 6) is 0.608. The Morgan fingerprint density at radius 3 is 2.78 bits per heavy atom. The van der Waals surface area contributed by atoms with Crippen LogP contribution in [-0.4, -0.2) is 54.2 Å². The van der Waals surface area contributed by atoms with Gasteiger partial charge >= 0.3 is 0 Å². The van der Waals surface area contributed by atoms with Crippen molar-refractivity contribution in [3.63, 3.8) is 0 Å². The van der Waals surface area contributed by atoms with E-state index >= 15 is 0 Å². The molecule has 9 heteroatoms. The second-order valence-corrected chi connectivity index (χ2v) is 8.32. The Balaban J connectivity index is 1.64. The number of sulfonamides is 1. The lowest BCUT2D eigenvalue weighted by Crippen LogP contribution is -2.46. The zero-order valence-electron chi connectivity index (χ0n) is 13.3. The number of aromatic nitrogens is 2. The number of rotatable bonds is 4. The predicted octanol–water partition coefficient (Wildman–Crippen LogP) is -0.717. The number of nitrogens with zero attached hydrogens (tertiary/aromatic N) is 3. The lowest BCUT2D eigenvalue weighted by Gasteiger charge is -2.23. The third kappa shape index (κ3) is 3.13. The molecule has 1 aromatic heterocycles. The van der Waals surface area contributed by atoms with Gasteiger partial charge in [0.05, 0.1) is 12.2 Å². The molecule has 0 bridgehead atoms. The molecule has 2 fully saturated rings. The number of amides is 1. The number of fused-ring (bicyclic) bond motifs is 1. The van der Waals surface area contributed by atoms with Crippen LogP contribution in [0, 0.1) is 11.8 Å². The summed E-state index contributed by atoms with van der Waals surface area (Å²) in [5, 5.41) is 3.85. The highest BCUT2D eigenvalue weighted by Crippen LogP contribution is 2.37. The normalized spacial score (nSPS) is 28.8. The van der Waals surface area contributed by atoms with Gasteiger partial charge in [-0.15, -0.1) is 0 Å². The molecule has 1 aliphatic carbocycles. The van der Waals surface area contributed by atoms with Gasteiger partial charge in [-0.25, -0.2) is 8.42 Å². The Morgan fingerprint density at radius 1 is 1.43 bits per heavy atom. The minimum Gasteiger partial charge on any atom is -0.341 e. The van der Waals surface area contributed by atoms with Crippen LogP contribution >= 0.6 is 0 Å². The molecule has 3 N–H and O–H groups in total. The van der Waals surface area contributed by atoms with E-state index in [0.717, 1.165) is 12.8 Å². The van der Waals surface area contributed by atoms with Gasteiger partial charge in [0, 0.05) is 32.4 Å². The van der Waals surface area contributed by atoms with Gasteiger partial charge in [0.25, 0.3) is 0 Å². The van der Waals surface area contributed by atoms with Crippen molar-refractivity contribution in [3.05, 3.63) is 12.4 Å². The largest absolute Gasteiger partial charge is 0.341 e. The number of nitrogens with two attached hydrogens (primary N) is 1. The minimum atomic E-state index is -3.75. The van der Waals surface area contributed by atoms with Crippen molar-refractivity contribution < 1.29 is 13.2 Å². The van der Waals surface area contributed by atoms with Crippen molar-refractivity contribution in [3.8, 4) is 0 Å². The molecule has 4 unspecified atom stereocenters. The minimum absolute atomic E-state index is 0.0555. The van der Waals surface area contributed by atoms with Gasteiger partial charge in [0.2, 0.25) is 15.9 Å². The fourth-order valence-corrected chi connectivity index (χ4v) is 4.83. The lowest BCUT2D eigenvalue weighted by atomic mass is 9.98. The number of hydrogen-bond acceptors (Lipinski definition) is 5. The van der Waals surface area contributed by atoms with Crippen LogP contribution in [-0.2, 0) is 21.9 Å². The number of aryl methyl sites for hydroxylation is 1. The molecule has 8 nitrogen and oxygen atoms in total. The maximum Gasteiger partial charge on any atom is 0.244 e. The first-order valence-corrected chi connectivity index (χ1v) is 9.31. The molecule has 1 amide bonds.